The lowest BCUT2D eigenvalue weighted by molar-refractivity contribution is -0.141. The van der Waals surface area contributed by atoms with E-state index in [4.69, 9.17) is 4.42 Å². The maximum absolute atomic E-state index is 12.2. The Kier molecular flexibility index (Phi) is 4.32. The van der Waals surface area contributed by atoms with Gasteiger partial charge in [0.25, 0.3) is 0 Å². The van der Waals surface area contributed by atoms with E-state index < -0.39 is 11.9 Å². The van der Waals surface area contributed by atoms with Crippen LogP contribution in [0.25, 0.3) is 33.7 Å². The van der Waals surface area contributed by atoms with E-state index in [9.17, 15) is 14.7 Å². The van der Waals surface area contributed by atoms with Crippen molar-refractivity contribution in [3.8, 4) is 22.6 Å². The molecule has 0 spiro atoms. The molecule has 148 valence electrons. The number of carbonyl (C=O) groups excluding carboxylic acids is 1. The number of hydrogen-bond donors (Lipinski definition) is 1. The minimum absolute atomic E-state index is 0.0167. The van der Waals surface area contributed by atoms with E-state index in [0.29, 0.717) is 22.7 Å². The fourth-order valence-corrected chi connectivity index (χ4v) is 3.76. The van der Waals surface area contributed by atoms with E-state index in [1.807, 2.05) is 42.5 Å². The second-order valence-electron chi connectivity index (χ2n) is 7.36. The lowest BCUT2D eigenvalue weighted by Crippen LogP contribution is -2.25. The van der Waals surface area contributed by atoms with Gasteiger partial charge in [0.2, 0.25) is 11.8 Å². The van der Waals surface area contributed by atoms with Crippen LogP contribution in [0.4, 0.5) is 5.69 Å². The number of benzene rings is 3. The summed E-state index contributed by atoms with van der Waals surface area (Å²) in [6, 6.07) is 23.4. The number of fused-ring (bicyclic) bond motifs is 1. The van der Waals surface area contributed by atoms with Gasteiger partial charge in [0.05, 0.1) is 5.92 Å². The highest BCUT2D eigenvalue weighted by Crippen LogP contribution is 2.31. The van der Waals surface area contributed by atoms with Gasteiger partial charge in [0, 0.05) is 30.3 Å². The lowest BCUT2D eigenvalue weighted by Gasteiger charge is -2.15. The number of carboxylic acids is 1. The Labute approximate surface area is 172 Å². The molecule has 5 rings (SSSR count). The number of anilines is 1. The number of nitrogens with zero attached hydrogens (tertiary/aromatic N) is 2. The molecule has 0 radical (unpaired) electrons. The number of amides is 1. The fourth-order valence-electron chi connectivity index (χ4n) is 3.76. The first-order valence-electron chi connectivity index (χ1n) is 9.68. The lowest BCUT2D eigenvalue weighted by atomic mass is 10.0. The van der Waals surface area contributed by atoms with Crippen LogP contribution in [0.5, 0.6) is 0 Å². The van der Waals surface area contributed by atoms with E-state index in [1.165, 1.54) is 4.90 Å². The van der Waals surface area contributed by atoms with Crippen molar-refractivity contribution in [2.45, 2.75) is 6.42 Å². The predicted octanol–water partition coefficient (Wildman–Crippen LogP) is 4.60. The number of aliphatic carboxylic acids is 1. The molecule has 30 heavy (non-hydrogen) atoms. The number of carboxylic acid groups (broad SMARTS) is 1. The molecule has 1 aliphatic heterocycles. The van der Waals surface area contributed by atoms with Crippen LogP contribution in [0.3, 0.4) is 0 Å². The van der Waals surface area contributed by atoms with Crippen molar-refractivity contribution in [1.29, 1.82) is 0 Å². The SMILES string of the molecule is O=C(O)[C@H]1CC(=O)N(c2ccc3nc(-c4ccc(-c5ccccc5)cc4)oc3c2)C1. The molecule has 1 fully saturated rings. The zero-order valence-electron chi connectivity index (χ0n) is 16.0. The molecule has 1 N–H and O–H groups in total. The Morgan fingerprint density at radius 1 is 0.967 bits per heavy atom. The number of oxazole rings is 1. The van der Waals surface area contributed by atoms with Gasteiger partial charge in [-0.2, -0.15) is 0 Å². The van der Waals surface area contributed by atoms with E-state index in [-0.39, 0.29) is 18.9 Å². The topological polar surface area (TPSA) is 83.6 Å². The van der Waals surface area contributed by atoms with Crippen LogP contribution in [-0.2, 0) is 9.59 Å². The van der Waals surface area contributed by atoms with Crippen molar-refractivity contribution in [2.24, 2.45) is 5.92 Å². The molecule has 1 atom stereocenters. The first-order chi connectivity index (χ1) is 14.6. The summed E-state index contributed by atoms with van der Waals surface area (Å²) in [5, 5.41) is 9.18. The summed E-state index contributed by atoms with van der Waals surface area (Å²) < 4.78 is 5.94. The number of carbonyl (C=O) groups is 2. The molecular weight excluding hydrogens is 380 g/mol. The van der Waals surface area contributed by atoms with Crippen LogP contribution in [0.2, 0.25) is 0 Å². The summed E-state index contributed by atoms with van der Waals surface area (Å²) >= 11 is 0. The highest BCUT2D eigenvalue weighted by atomic mass is 16.4. The van der Waals surface area contributed by atoms with Crippen LogP contribution in [-0.4, -0.2) is 28.5 Å². The van der Waals surface area contributed by atoms with Gasteiger partial charge in [-0.1, -0.05) is 42.5 Å². The van der Waals surface area contributed by atoms with Crippen LogP contribution >= 0.6 is 0 Å². The Bertz CT molecular complexity index is 1250. The van der Waals surface area contributed by atoms with Crippen LogP contribution < -0.4 is 4.90 Å². The maximum Gasteiger partial charge on any atom is 0.308 e. The highest BCUT2D eigenvalue weighted by Gasteiger charge is 2.35. The second-order valence-corrected chi connectivity index (χ2v) is 7.36. The molecule has 3 aromatic carbocycles. The van der Waals surface area contributed by atoms with Crippen molar-refractivity contribution in [1.82, 2.24) is 4.98 Å². The van der Waals surface area contributed by atoms with Crippen molar-refractivity contribution in [3.05, 3.63) is 72.8 Å². The summed E-state index contributed by atoms with van der Waals surface area (Å²) in [6.45, 7) is 0.168. The van der Waals surface area contributed by atoms with Crippen LogP contribution in [0.15, 0.2) is 77.2 Å². The minimum Gasteiger partial charge on any atom is -0.481 e. The third-order valence-electron chi connectivity index (χ3n) is 5.40. The van der Waals surface area contributed by atoms with Crippen molar-refractivity contribution >= 4 is 28.7 Å². The van der Waals surface area contributed by atoms with E-state index in [2.05, 4.69) is 17.1 Å². The molecule has 0 saturated carbocycles. The summed E-state index contributed by atoms with van der Waals surface area (Å²) in [5.74, 6) is -1.33. The van der Waals surface area contributed by atoms with Gasteiger partial charge in [-0.25, -0.2) is 4.98 Å². The molecule has 6 heteroatoms. The summed E-state index contributed by atoms with van der Waals surface area (Å²) in [7, 11) is 0. The van der Waals surface area contributed by atoms with E-state index in [0.717, 1.165) is 16.7 Å². The van der Waals surface area contributed by atoms with Gasteiger partial charge < -0.3 is 14.4 Å². The summed E-state index contributed by atoms with van der Waals surface area (Å²) in [4.78, 5) is 29.5. The normalized spacial score (nSPS) is 16.3. The van der Waals surface area contributed by atoms with Gasteiger partial charge in [-0.05, 0) is 35.4 Å². The molecule has 1 amide bonds. The van der Waals surface area contributed by atoms with Crippen LogP contribution in [0, 0.1) is 5.92 Å². The Morgan fingerprint density at radius 3 is 2.37 bits per heavy atom. The Balaban J connectivity index is 1.43. The van der Waals surface area contributed by atoms with E-state index in [1.54, 1.807) is 18.2 Å². The standard InChI is InChI=1S/C24H18N2O4/c27-22-12-18(24(28)29)14-26(22)19-10-11-20-21(13-19)30-23(25-20)17-8-6-16(7-9-17)15-4-2-1-3-5-15/h1-11,13,18H,12,14H2,(H,28,29)/t18-/m0/s1. The number of hydrogen-bond acceptors (Lipinski definition) is 4. The number of rotatable bonds is 4. The molecule has 0 aliphatic carbocycles. The Hall–Kier alpha value is -3.93. The van der Waals surface area contributed by atoms with Crippen molar-refractivity contribution in [2.75, 3.05) is 11.4 Å². The molecule has 0 unspecified atom stereocenters. The molecule has 2 heterocycles. The first-order valence-corrected chi connectivity index (χ1v) is 9.68. The Morgan fingerprint density at radius 2 is 1.67 bits per heavy atom. The third kappa shape index (κ3) is 3.22. The fraction of sp³-hybridized carbons (Fsp3) is 0.125. The first kappa shape index (κ1) is 18.1. The quantitative estimate of drug-likeness (QED) is 0.543. The van der Waals surface area contributed by atoms with Gasteiger partial charge >= 0.3 is 5.97 Å². The molecule has 1 aliphatic rings. The van der Waals surface area contributed by atoms with Gasteiger partial charge in [0.1, 0.15) is 5.52 Å². The predicted molar refractivity (Wildman–Crippen MR) is 113 cm³/mol. The average molecular weight is 398 g/mol. The maximum atomic E-state index is 12.2. The largest absolute Gasteiger partial charge is 0.481 e. The third-order valence-corrected chi connectivity index (χ3v) is 5.40. The average Bonchev–Trinajstić information content (AvgIpc) is 3.37. The zero-order valence-corrected chi connectivity index (χ0v) is 16.0. The van der Waals surface area contributed by atoms with Crippen LogP contribution in [0.1, 0.15) is 6.42 Å². The van der Waals surface area contributed by atoms with Gasteiger partial charge in [-0.3, -0.25) is 9.59 Å². The molecule has 0 bridgehead atoms. The molecule has 1 saturated heterocycles. The van der Waals surface area contributed by atoms with Gasteiger partial charge in [0.15, 0.2) is 5.58 Å². The summed E-state index contributed by atoms with van der Waals surface area (Å²) in [6.07, 6.45) is 0.0167. The minimum atomic E-state index is -0.951. The van der Waals surface area contributed by atoms with E-state index >= 15 is 0 Å². The van der Waals surface area contributed by atoms with Gasteiger partial charge in [-0.15, -0.1) is 0 Å². The zero-order chi connectivity index (χ0) is 20.7. The van der Waals surface area contributed by atoms with Crippen molar-refractivity contribution in [3.63, 3.8) is 0 Å². The molecular formula is C24H18N2O4. The summed E-state index contributed by atoms with van der Waals surface area (Å²) in [5.41, 5.74) is 4.97. The monoisotopic (exact) mass is 398 g/mol. The number of aromatic nitrogens is 1. The second kappa shape index (κ2) is 7.15. The molecule has 6 nitrogen and oxygen atoms in total. The smallest absolute Gasteiger partial charge is 0.308 e. The molecule has 4 aromatic rings. The molecule has 1 aromatic heterocycles. The highest BCUT2D eigenvalue weighted by molar-refractivity contribution is 6.00. The van der Waals surface area contributed by atoms with Crippen molar-refractivity contribution < 1.29 is 19.1 Å².